The fraction of sp³-hybridized carbons (Fsp3) is 0.421. The van der Waals surface area contributed by atoms with Crippen molar-refractivity contribution >= 4 is 19.9 Å². The van der Waals surface area contributed by atoms with E-state index in [1.807, 2.05) is 6.07 Å². The van der Waals surface area contributed by atoms with Crippen LogP contribution in [0.15, 0.2) is 24.3 Å². The number of hydrogen-bond acceptors (Lipinski definition) is 3. The first-order chi connectivity index (χ1) is 11.5. The number of nitrogens with one attached hydrogen (secondary N) is 1. The lowest BCUT2D eigenvalue weighted by Crippen LogP contribution is -2.44. The normalized spacial score (nSPS) is 12.3. The smallest absolute Gasteiger partial charge is 0.251 e. The first-order valence-electron chi connectivity index (χ1n) is 8.08. The largest absolute Gasteiger partial charge is 0.368 e. The molecule has 0 unspecified atom stereocenters. The van der Waals surface area contributed by atoms with Gasteiger partial charge in [-0.3, -0.25) is 9.59 Å². The second kappa shape index (κ2) is 8.00. The summed E-state index contributed by atoms with van der Waals surface area (Å²) >= 11 is 0. The molecule has 0 aliphatic heterocycles. The van der Waals surface area contributed by atoms with Crippen LogP contribution in [-0.4, -0.2) is 25.9 Å². The number of nitriles is 1. The molecule has 0 radical (unpaired) electrons. The van der Waals surface area contributed by atoms with Gasteiger partial charge in [0.1, 0.15) is 14.1 Å². The maximum absolute atomic E-state index is 12.2. The summed E-state index contributed by atoms with van der Waals surface area (Å²) in [5.74, 6) is 2.01. The lowest BCUT2D eigenvalue weighted by Gasteiger charge is -2.31. The number of primary amides is 1. The minimum absolute atomic E-state index is 0.119. The van der Waals surface area contributed by atoms with E-state index in [1.54, 1.807) is 12.1 Å². The number of amides is 2. The van der Waals surface area contributed by atoms with Crippen LogP contribution in [0.2, 0.25) is 18.1 Å². The molecule has 0 bridgehead atoms. The molecule has 0 spiro atoms. The van der Waals surface area contributed by atoms with Gasteiger partial charge < -0.3 is 11.1 Å². The van der Waals surface area contributed by atoms with E-state index in [2.05, 4.69) is 50.6 Å². The molecule has 3 N–H and O–H groups in total. The summed E-state index contributed by atoms with van der Waals surface area (Å²) < 4.78 is 0. The molecule has 25 heavy (non-hydrogen) atoms. The van der Waals surface area contributed by atoms with E-state index in [1.165, 1.54) is 12.1 Å². The minimum atomic E-state index is -1.78. The fourth-order valence-electron chi connectivity index (χ4n) is 1.72. The van der Waals surface area contributed by atoms with Crippen molar-refractivity contribution in [1.82, 2.24) is 5.32 Å². The highest BCUT2D eigenvalue weighted by molar-refractivity contribution is 6.87. The van der Waals surface area contributed by atoms with Crippen LogP contribution in [0.4, 0.5) is 0 Å². The Morgan fingerprint density at radius 3 is 2.24 bits per heavy atom. The summed E-state index contributed by atoms with van der Waals surface area (Å²) in [7, 11) is -1.78. The molecule has 0 saturated heterocycles. The molecule has 2 amide bonds. The van der Waals surface area contributed by atoms with Gasteiger partial charge in [0.2, 0.25) is 5.91 Å². The molecule has 1 aromatic rings. The van der Waals surface area contributed by atoms with Crippen molar-refractivity contribution in [2.75, 3.05) is 0 Å². The van der Waals surface area contributed by atoms with Crippen molar-refractivity contribution in [2.24, 2.45) is 5.73 Å². The standard InChI is InChI=1S/C19H25N3O2Si/c1-19(2,3)25(4,5)12-6-7-16(17(21)23)22-18(24)15-10-8-14(13-20)9-11-15/h8-11,16H,7H2,1-5H3,(H2,21,23)(H,22,24)/t16-/m1/s1. The zero-order valence-electron chi connectivity index (χ0n) is 15.4. The number of hydrogen-bond donors (Lipinski definition) is 2. The van der Waals surface area contributed by atoms with Crippen LogP contribution in [0, 0.1) is 22.8 Å². The van der Waals surface area contributed by atoms with Gasteiger partial charge >= 0.3 is 0 Å². The minimum Gasteiger partial charge on any atom is -0.368 e. The third-order valence-electron chi connectivity index (χ3n) is 4.51. The van der Waals surface area contributed by atoms with Crippen molar-refractivity contribution in [1.29, 1.82) is 5.26 Å². The van der Waals surface area contributed by atoms with Gasteiger partial charge in [0.05, 0.1) is 11.6 Å². The topological polar surface area (TPSA) is 96.0 Å². The van der Waals surface area contributed by atoms with E-state index in [4.69, 9.17) is 11.0 Å². The number of benzene rings is 1. The predicted octanol–water partition coefficient (Wildman–Crippen LogP) is 2.58. The molecule has 132 valence electrons. The van der Waals surface area contributed by atoms with Gasteiger partial charge in [-0.1, -0.05) is 33.9 Å². The Kier molecular flexibility index (Phi) is 6.55. The molecule has 1 rings (SSSR count). The van der Waals surface area contributed by atoms with Crippen molar-refractivity contribution < 1.29 is 9.59 Å². The van der Waals surface area contributed by atoms with Crippen LogP contribution in [0.3, 0.4) is 0 Å². The number of rotatable bonds is 4. The maximum atomic E-state index is 12.2. The molecular weight excluding hydrogens is 330 g/mol. The lowest BCUT2D eigenvalue weighted by molar-refractivity contribution is -0.119. The zero-order chi connectivity index (χ0) is 19.3. The van der Waals surface area contributed by atoms with Crippen molar-refractivity contribution in [3.05, 3.63) is 35.4 Å². The van der Waals surface area contributed by atoms with Crippen molar-refractivity contribution in [2.45, 2.75) is 51.4 Å². The molecule has 0 aliphatic carbocycles. The van der Waals surface area contributed by atoms with Gasteiger partial charge in [0.15, 0.2) is 0 Å². The molecule has 0 aromatic heterocycles. The van der Waals surface area contributed by atoms with E-state index >= 15 is 0 Å². The highest BCUT2D eigenvalue weighted by Gasteiger charge is 2.33. The molecule has 0 heterocycles. The Hall–Kier alpha value is -2.57. The molecule has 5 nitrogen and oxygen atoms in total. The first-order valence-corrected chi connectivity index (χ1v) is 11.1. The van der Waals surface area contributed by atoms with Crippen LogP contribution in [0.5, 0.6) is 0 Å². The van der Waals surface area contributed by atoms with Crippen LogP contribution in [-0.2, 0) is 4.79 Å². The second-order valence-corrected chi connectivity index (χ2v) is 12.5. The molecular formula is C19H25N3O2Si. The van der Waals surface area contributed by atoms with Gasteiger partial charge in [0.25, 0.3) is 5.91 Å². The van der Waals surface area contributed by atoms with Gasteiger partial charge in [-0.05, 0) is 29.3 Å². The number of carbonyl (C=O) groups is 2. The Balaban J connectivity index is 2.83. The van der Waals surface area contributed by atoms with Gasteiger partial charge in [0, 0.05) is 12.0 Å². The average molecular weight is 356 g/mol. The average Bonchev–Trinajstić information content (AvgIpc) is 2.52. The number of carbonyl (C=O) groups excluding carboxylic acids is 2. The molecule has 0 saturated carbocycles. The summed E-state index contributed by atoms with van der Waals surface area (Å²) in [5.41, 5.74) is 9.52. The molecule has 0 fully saturated rings. The summed E-state index contributed by atoms with van der Waals surface area (Å²) in [6, 6.07) is 7.30. The Bertz CT molecular complexity index is 744. The first kappa shape index (κ1) is 20.5. The fourth-order valence-corrected chi connectivity index (χ4v) is 2.64. The zero-order valence-corrected chi connectivity index (χ0v) is 16.4. The lowest BCUT2D eigenvalue weighted by atomic mass is 10.1. The third kappa shape index (κ3) is 5.77. The van der Waals surface area contributed by atoms with Crippen molar-refractivity contribution in [3.63, 3.8) is 0 Å². The summed E-state index contributed by atoms with van der Waals surface area (Å²) in [5, 5.41) is 11.5. The molecule has 1 atom stereocenters. The molecule has 0 aliphatic rings. The molecule has 6 heteroatoms. The molecule has 1 aromatic carbocycles. The SMILES string of the molecule is CC(C)(C)[Si](C)(C)C#CC[C@@H](NC(=O)c1ccc(C#N)cc1)C(N)=O. The monoisotopic (exact) mass is 355 g/mol. The number of nitrogens with zero attached hydrogens (tertiary/aromatic N) is 1. The highest BCUT2D eigenvalue weighted by Crippen LogP contribution is 2.35. The summed E-state index contributed by atoms with van der Waals surface area (Å²) in [4.78, 5) is 23.9. The summed E-state index contributed by atoms with van der Waals surface area (Å²) in [6.07, 6.45) is 0.184. The van der Waals surface area contributed by atoms with Crippen LogP contribution >= 0.6 is 0 Å². The van der Waals surface area contributed by atoms with Gasteiger partial charge in [-0.15, -0.1) is 11.5 Å². The van der Waals surface area contributed by atoms with Crippen LogP contribution in [0.25, 0.3) is 0 Å². The highest BCUT2D eigenvalue weighted by atomic mass is 28.3. The third-order valence-corrected chi connectivity index (χ3v) is 9.06. The van der Waals surface area contributed by atoms with E-state index in [-0.39, 0.29) is 11.5 Å². The summed E-state index contributed by atoms with van der Waals surface area (Å²) in [6.45, 7) is 10.8. The van der Waals surface area contributed by atoms with Crippen molar-refractivity contribution in [3.8, 4) is 17.5 Å². The van der Waals surface area contributed by atoms with Gasteiger partial charge in [-0.25, -0.2) is 0 Å². The van der Waals surface area contributed by atoms with Crippen LogP contribution in [0.1, 0.15) is 43.1 Å². The Labute approximate surface area is 150 Å². The van der Waals surface area contributed by atoms with E-state index < -0.39 is 25.9 Å². The van der Waals surface area contributed by atoms with E-state index in [9.17, 15) is 9.59 Å². The number of nitrogens with two attached hydrogens (primary N) is 1. The predicted molar refractivity (Wildman–Crippen MR) is 101 cm³/mol. The van der Waals surface area contributed by atoms with E-state index in [0.29, 0.717) is 11.1 Å². The van der Waals surface area contributed by atoms with Crippen LogP contribution < -0.4 is 11.1 Å². The maximum Gasteiger partial charge on any atom is 0.251 e. The second-order valence-electron chi connectivity index (χ2n) is 7.50. The van der Waals surface area contributed by atoms with E-state index in [0.717, 1.165) is 0 Å². The Morgan fingerprint density at radius 2 is 1.80 bits per heavy atom. The Morgan fingerprint density at radius 1 is 1.24 bits per heavy atom. The van der Waals surface area contributed by atoms with Gasteiger partial charge in [-0.2, -0.15) is 5.26 Å². The quantitative estimate of drug-likeness (QED) is 0.642.